The molecule has 0 saturated heterocycles. The van der Waals surface area contributed by atoms with E-state index in [-0.39, 0.29) is 55.6 Å². The fraction of sp³-hybridized carbons (Fsp3) is 0.250. The highest BCUT2D eigenvalue weighted by Crippen LogP contribution is 2.49. The summed E-state index contributed by atoms with van der Waals surface area (Å²) in [5.41, 5.74) is 6.19. The van der Waals surface area contributed by atoms with E-state index in [9.17, 15) is 18.5 Å². The summed E-state index contributed by atoms with van der Waals surface area (Å²) in [6.07, 6.45) is 0.738. The van der Waals surface area contributed by atoms with Crippen molar-refractivity contribution < 1.29 is 32.3 Å². The van der Waals surface area contributed by atoms with Gasteiger partial charge in [0.1, 0.15) is 17.9 Å². The normalized spacial score (nSPS) is 12.9. The molecule has 1 unspecified atom stereocenters. The first-order valence-corrected chi connectivity index (χ1v) is 13.7. The average Bonchev–Trinajstić information content (AvgIpc) is 3.30. The summed E-state index contributed by atoms with van der Waals surface area (Å²) in [5.74, 6) is -1.03. The zero-order valence-electron chi connectivity index (χ0n) is 20.4. The number of fused-ring (bicyclic) bond motifs is 1. The second-order valence-corrected chi connectivity index (χ2v) is 10.6. The van der Waals surface area contributed by atoms with Gasteiger partial charge in [0.25, 0.3) is 5.56 Å². The Kier molecular flexibility index (Phi) is 9.44. The monoisotopic (exact) mass is 579 g/mol. The number of nitrogen functional groups attached to an aromatic ring is 1. The number of hydrogen-bond acceptors (Lipinski definition) is 10. The standard InChI is InChI=1S/C24H24ClFN5O7P/c25-17-3-1-2-16(12-17)13-37-39(34,36-10-8-20(32)38-19-6-4-18(26)5-7-19)15-35-11-9-31-14-28-21-22(31)29-24(27)30-23(21)33/h1-7,12,14H,8-11,13,15H2,(H3,27,29,30,33). The molecule has 2 aromatic heterocycles. The molecule has 0 spiro atoms. The zero-order chi connectivity index (χ0) is 27.8. The lowest BCUT2D eigenvalue weighted by atomic mass is 10.2. The van der Waals surface area contributed by atoms with Crippen LogP contribution in [-0.4, -0.2) is 45.1 Å². The molecule has 15 heteroatoms. The molecule has 0 aliphatic heterocycles. The van der Waals surface area contributed by atoms with E-state index in [1.165, 1.54) is 18.5 Å². The largest absolute Gasteiger partial charge is 0.426 e. The topological polar surface area (TPSA) is 161 Å². The fourth-order valence-corrected chi connectivity index (χ4v) is 4.84. The number of aromatic amines is 1. The number of nitrogens with one attached hydrogen (secondary N) is 1. The zero-order valence-corrected chi connectivity index (χ0v) is 22.1. The van der Waals surface area contributed by atoms with E-state index in [0.717, 1.165) is 12.1 Å². The van der Waals surface area contributed by atoms with E-state index in [0.29, 0.717) is 10.6 Å². The lowest BCUT2D eigenvalue weighted by Crippen LogP contribution is -2.14. The van der Waals surface area contributed by atoms with E-state index < -0.39 is 31.3 Å². The third kappa shape index (κ3) is 8.19. The van der Waals surface area contributed by atoms with E-state index in [1.54, 1.807) is 28.8 Å². The third-order valence-corrected chi connectivity index (χ3v) is 7.01. The van der Waals surface area contributed by atoms with Crippen molar-refractivity contribution in [2.75, 3.05) is 25.3 Å². The molecular formula is C24H24ClFN5O7P. The van der Waals surface area contributed by atoms with Crippen molar-refractivity contribution in [2.24, 2.45) is 0 Å². The van der Waals surface area contributed by atoms with Crippen LogP contribution in [0.5, 0.6) is 5.75 Å². The lowest BCUT2D eigenvalue weighted by molar-refractivity contribution is -0.134. The van der Waals surface area contributed by atoms with Crippen LogP contribution in [0.3, 0.4) is 0 Å². The summed E-state index contributed by atoms with van der Waals surface area (Å²) in [7, 11) is -3.85. The van der Waals surface area contributed by atoms with Crippen LogP contribution in [0.4, 0.5) is 10.3 Å². The summed E-state index contributed by atoms with van der Waals surface area (Å²) in [4.78, 5) is 34.5. The SMILES string of the molecule is Nc1nc2c(ncn2CCOCP(=O)(OCCC(=O)Oc2ccc(F)cc2)OCc2cccc(Cl)c2)c(=O)[nH]1. The van der Waals surface area contributed by atoms with Crippen LogP contribution in [0, 0.1) is 5.82 Å². The van der Waals surface area contributed by atoms with Gasteiger partial charge >= 0.3 is 13.6 Å². The molecule has 0 aliphatic rings. The van der Waals surface area contributed by atoms with E-state index >= 15 is 0 Å². The number of nitrogens with zero attached hydrogens (tertiary/aromatic N) is 3. The molecule has 4 aromatic rings. The summed E-state index contributed by atoms with van der Waals surface area (Å²) in [5, 5.41) is 0.479. The molecule has 2 aromatic carbocycles. The number of carbonyl (C=O) groups excluding carboxylic acids is 1. The summed E-state index contributed by atoms with van der Waals surface area (Å²) in [6, 6.07) is 11.7. The third-order valence-electron chi connectivity index (χ3n) is 5.18. The molecule has 1 atom stereocenters. The van der Waals surface area contributed by atoms with Gasteiger partial charge in [-0.15, -0.1) is 0 Å². The number of benzene rings is 2. The second kappa shape index (κ2) is 13.0. The number of rotatable bonds is 13. The molecule has 0 saturated carbocycles. The number of ether oxygens (including phenoxy) is 2. The molecule has 3 N–H and O–H groups in total. The number of esters is 1. The molecule has 2 heterocycles. The Morgan fingerprint density at radius 2 is 1.95 bits per heavy atom. The van der Waals surface area contributed by atoms with Crippen LogP contribution < -0.4 is 16.0 Å². The molecule has 4 rings (SSSR count). The minimum absolute atomic E-state index is 0.0420. The van der Waals surface area contributed by atoms with Gasteiger partial charge in [-0.25, -0.2) is 9.37 Å². The van der Waals surface area contributed by atoms with Gasteiger partial charge < -0.3 is 28.8 Å². The maximum Gasteiger partial charge on any atom is 0.356 e. The Morgan fingerprint density at radius 1 is 1.15 bits per heavy atom. The Labute approximate surface area is 226 Å². The van der Waals surface area contributed by atoms with Gasteiger partial charge in [0, 0.05) is 11.6 Å². The minimum Gasteiger partial charge on any atom is -0.426 e. The highest BCUT2D eigenvalue weighted by atomic mass is 35.5. The number of H-pyrrole nitrogens is 1. The summed E-state index contributed by atoms with van der Waals surface area (Å²) >= 11 is 6.01. The first-order chi connectivity index (χ1) is 18.7. The molecule has 12 nitrogen and oxygen atoms in total. The molecule has 39 heavy (non-hydrogen) atoms. The maximum atomic E-state index is 13.4. The molecule has 0 fully saturated rings. The highest BCUT2D eigenvalue weighted by molar-refractivity contribution is 7.53. The Morgan fingerprint density at radius 3 is 2.72 bits per heavy atom. The molecule has 0 bridgehead atoms. The number of nitrogens with two attached hydrogens (primary N) is 1. The molecule has 0 amide bonds. The van der Waals surface area contributed by atoms with Crippen molar-refractivity contribution in [3.63, 3.8) is 0 Å². The predicted octanol–water partition coefficient (Wildman–Crippen LogP) is 3.89. The van der Waals surface area contributed by atoms with E-state index in [1.807, 2.05) is 0 Å². The summed E-state index contributed by atoms with van der Waals surface area (Å²) in [6.45, 7) is -0.112. The van der Waals surface area contributed by atoms with Crippen LogP contribution in [0.15, 0.2) is 59.7 Å². The van der Waals surface area contributed by atoms with Gasteiger partial charge in [-0.1, -0.05) is 23.7 Å². The minimum atomic E-state index is -3.85. The fourth-order valence-electron chi connectivity index (χ4n) is 3.34. The van der Waals surface area contributed by atoms with Gasteiger partial charge in [-0.2, -0.15) is 4.98 Å². The quantitative estimate of drug-likeness (QED) is 0.103. The van der Waals surface area contributed by atoms with Crippen LogP contribution in [0.25, 0.3) is 11.2 Å². The number of hydrogen-bond donors (Lipinski definition) is 2. The Balaban J connectivity index is 1.34. The van der Waals surface area contributed by atoms with Crippen molar-refractivity contribution in [1.82, 2.24) is 19.5 Å². The molecule has 206 valence electrons. The van der Waals surface area contributed by atoms with Gasteiger partial charge in [0.15, 0.2) is 11.2 Å². The lowest BCUT2D eigenvalue weighted by Gasteiger charge is -2.19. The molecular weight excluding hydrogens is 556 g/mol. The number of anilines is 1. The number of aromatic nitrogens is 4. The van der Waals surface area contributed by atoms with Crippen LogP contribution in [0.1, 0.15) is 12.0 Å². The maximum absolute atomic E-state index is 13.4. The molecule has 0 radical (unpaired) electrons. The van der Waals surface area contributed by atoms with Gasteiger partial charge in [-0.05, 0) is 42.0 Å². The average molecular weight is 580 g/mol. The van der Waals surface area contributed by atoms with E-state index in [4.69, 9.17) is 35.9 Å². The van der Waals surface area contributed by atoms with Crippen LogP contribution in [0.2, 0.25) is 5.02 Å². The van der Waals surface area contributed by atoms with Crippen molar-refractivity contribution >= 4 is 42.3 Å². The van der Waals surface area contributed by atoms with E-state index in [2.05, 4.69) is 15.0 Å². The number of carbonyl (C=O) groups is 1. The Bertz CT molecular complexity index is 1550. The first-order valence-electron chi connectivity index (χ1n) is 11.6. The first kappa shape index (κ1) is 28.4. The van der Waals surface area contributed by atoms with Crippen molar-refractivity contribution in [1.29, 1.82) is 0 Å². The van der Waals surface area contributed by atoms with Gasteiger partial charge in [0.2, 0.25) is 5.95 Å². The number of imidazole rings is 1. The van der Waals surface area contributed by atoms with Crippen LogP contribution >= 0.6 is 19.2 Å². The Hall–Kier alpha value is -3.61. The van der Waals surface area contributed by atoms with Gasteiger partial charge in [-0.3, -0.25) is 19.1 Å². The van der Waals surface area contributed by atoms with Crippen molar-refractivity contribution in [3.8, 4) is 5.75 Å². The number of halogens is 2. The highest BCUT2D eigenvalue weighted by Gasteiger charge is 2.26. The van der Waals surface area contributed by atoms with Crippen LogP contribution in [-0.2, 0) is 36.3 Å². The van der Waals surface area contributed by atoms with Crippen molar-refractivity contribution in [2.45, 2.75) is 19.6 Å². The van der Waals surface area contributed by atoms with Crippen molar-refractivity contribution in [3.05, 3.63) is 81.6 Å². The molecule has 0 aliphatic carbocycles. The summed E-state index contributed by atoms with van der Waals surface area (Å²) < 4.78 is 49.8. The van der Waals surface area contributed by atoms with Gasteiger partial charge in [0.05, 0.1) is 32.6 Å². The smallest absolute Gasteiger partial charge is 0.356 e. The second-order valence-electron chi connectivity index (χ2n) is 8.12. The predicted molar refractivity (Wildman–Crippen MR) is 140 cm³/mol.